The van der Waals surface area contributed by atoms with Crippen molar-refractivity contribution >= 4 is 11.8 Å². The molecule has 0 unspecified atom stereocenters. The van der Waals surface area contributed by atoms with Crippen LogP contribution in [-0.2, 0) is 12.3 Å². The quantitative estimate of drug-likeness (QED) is 0.395. The lowest BCUT2D eigenvalue weighted by atomic mass is 10.1. The van der Waals surface area contributed by atoms with Crippen molar-refractivity contribution in [2.45, 2.75) is 31.3 Å². The number of nitrogens with zero attached hydrogens (tertiary/aromatic N) is 5. The second kappa shape index (κ2) is 8.66. The van der Waals surface area contributed by atoms with E-state index in [9.17, 15) is 4.39 Å². The summed E-state index contributed by atoms with van der Waals surface area (Å²) in [4.78, 5) is 0. The highest BCUT2D eigenvalue weighted by Gasteiger charge is 2.17. The molecule has 0 saturated heterocycles. The van der Waals surface area contributed by atoms with Crippen molar-refractivity contribution < 1.29 is 13.5 Å². The van der Waals surface area contributed by atoms with Crippen LogP contribution in [0.25, 0.3) is 22.8 Å². The van der Waals surface area contributed by atoms with E-state index in [-0.39, 0.29) is 5.89 Å². The molecule has 0 radical (unpaired) electrons. The fraction of sp³-hybridized carbons (Fsp3) is 0.238. The van der Waals surface area contributed by atoms with Crippen molar-refractivity contribution in [3.05, 3.63) is 59.7 Å². The Morgan fingerprint density at radius 3 is 2.60 bits per heavy atom. The number of hydrogen-bond acceptors (Lipinski definition) is 7. The Morgan fingerprint density at radius 1 is 1.07 bits per heavy atom. The number of aromatic nitrogens is 5. The number of hydrogen-bond donors (Lipinski definition) is 0. The Kier molecular flexibility index (Phi) is 5.80. The van der Waals surface area contributed by atoms with Gasteiger partial charge in [0.1, 0.15) is 11.6 Å². The van der Waals surface area contributed by atoms with Gasteiger partial charge in [-0.3, -0.25) is 0 Å². The van der Waals surface area contributed by atoms with Gasteiger partial charge in [0.2, 0.25) is 5.89 Å². The molecule has 4 rings (SSSR count). The molecule has 154 valence electrons. The van der Waals surface area contributed by atoms with Gasteiger partial charge in [-0.05, 0) is 50.2 Å². The summed E-state index contributed by atoms with van der Waals surface area (Å²) in [6, 6.07) is 12.5. The van der Waals surface area contributed by atoms with Crippen molar-refractivity contribution in [3.8, 4) is 28.6 Å². The first-order valence-electron chi connectivity index (χ1n) is 9.38. The summed E-state index contributed by atoms with van der Waals surface area (Å²) >= 11 is 1.44. The third kappa shape index (κ3) is 4.06. The van der Waals surface area contributed by atoms with E-state index in [1.54, 1.807) is 19.2 Å². The molecular formula is C21H20FN5O2S. The molecule has 0 atom stereocenters. The average molecular weight is 425 g/mol. The third-order valence-corrected chi connectivity index (χ3v) is 5.48. The van der Waals surface area contributed by atoms with Crippen LogP contribution in [0.5, 0.6) is 5.75 Å². The van der Waals surface area contributed by atoms with Gasteiger partial charge < -0.3 is 13.7 Å². The number of benzene rings is 2. The van der Waals surface area contributed by atoms with E-state index in [0.717, 1.165) is 27.9 Å². The topological polar surface area (TPSA) is 78.9 Å². The van der Waals surface area contributed by atoms with Crippen LogP contribution in [0, 0.1) is 12.7 Å². The fourth-order valence-corrected chi connectivity index (χ4v) is 3.82. The molecule has 2 aromatic heterocycles. The van der Waals surface area contributed by atoms with Crippen LogP contribution < -0.4 is 4.74 Å². The summed E-state index contributed by atoms with van der Waals surface area (Å²) in [6.45, 7) is 4.63. The predicted molar refractivity (Wildman–Crippen MR) is 112 cm³/mol. The largest absolute Gasteiger partial charge is 0.497 e. The van der Waals surface area contributed by atoms with E-state index >= 15 is 0 Å². The zero-order chi connectivity index (χ0) is 21.1. The highest BCUT2D eigenvalue weighted by Crippen LogP contribution is 2.29. The fourth-order valence-electron chi connectivity index (χ4n) is 2.98. The number of methoxy groups -OCH3 is 1. The molecule has 0 aliphatic rings. The van der Waals surface area contributed by atoms with Crippen LogP contribution in [0.3, 0.4) is 0 Å². The molecule has 0 saturated carbocycles. The van der Waals surface area contributed by atoms with Crippen LogP contribution in [-0.4, -0.2) is 32.1 Å². The van der Waals surface area contributed by atoms with Gasteiger partial charge >= 0.3 is 0 Å². The minimum atomic E-state index is -0.390. The van der Waals surface area contributed by atoms with Gasteiger partial charge in [-0.25, -0.2) is 4.39 Å². The van der Waals surface area contributed by atoms with Crippen molar-refractivity contribution in [1.29, 1.82) is 0 Å². The molecule has 0 fully saturated rings. The van der Waals surface area contributed by atoms with Gasteiger partial charge in [-0.15, -0.1) is 20.4 Å². The SMILES string of the molecule is CCn1c(SCc2nnc(-c3cc(C)ccc3F)o2)nnc1-c1ccc(OC)cc1. The van der Waals surface area contributed by atoms with Gasteiger partial charge in [0.05, 0.1) is 18.4 Å². The highest BCUT2D eigenvalue weighted by atomic mass is 32.2. The Bertz CT molecular complexity index is 1160. The van der Waals surface area contributed by atoms with E-state index in [1.165, 1.54) is 17.8 Å². The number of aryl methyl sites for hydroxylation is 1. The minimum absolute atomic E-state index is 0.169. The standard InChI is InChI=1S/C21H20FN5O2S/c1-4-27-19(14-6-8-15(28-3)9-7-14)24-26-21(27)30-12-18-23-25-20(29-18)16-11-13(2)5-10-17(16)22/h5-11H,4,12H2,1-3H3. The molecule has 30 heavy (non-hydrogen) atoms. The maximum Gasteiger partial charge on any atom is 0.250 e. The zero-order valence-electron chi connectivity index (χ0n) is 16.8. The molecule has 2 aromatic carbocycles. The Morgan fingerprint density at radius 2 is 1.87 bits per heavy atom. The number of halogens is 1. The molecule has 2 heterocycles. The van der Waals surface area contributed by atoms with E-state index in [4.69, 9.17) is 9.15 Å². The molecule has 4 aromatic rings. The predicted octanol–water partition coefficient (Wildman–Crippen LogP) is 4.76. The first-order valence-corrected chi connectivity index (χ1v) is 10.4. The summed E-state index contributed by atoms with van der Waals surface area (Å²) in [5.74, 6) is 2.14. The van der Waals surface area contributed by atoms with E-state index in [1.807, 2.05) is 42.7 Å². The smallest absolute Gasteiger partial charge is 0.250 e. The lowest BCUT2D eigenvalue weighted by Gasteiger charge is -2.07. The van der Waals surface area contributed by atoms with Gasteiger partial charge in [-0.2, -0.15) is 0 Å². The van der Waals surface area contributed by atoms with E-state index in [2.05, 4.69) is 20.4 Å². The van der Waals surface area contributed by atoms with Crippen LogP contribution >= 0.6 is 11.8 Å². The van der Waals surface area contributed by atoms with Gasteiger partial charge in [0.25, 0.3) is 5.89 Å². The highest BCUT2D eigenvalue weighted by molar-refractivity contribution is 7.98. The first-order chi connectivity index (χ1) is 14.6. The second-order valence-electron chi connectivity index (χ2n) is 6.55. The monoisotopic (exact) mass is 425 g/mol. The van der Waals surface area contributed by atoms with Crippen LogP contribution in [0.1, 0.15) is 18.4 Å². The molecule has 0 aliphatic heterocycles. The third-order valence-electron chi connectivity index (χ3n) is 4.53. The summed E-state index contributed by atoms with van der Waals surface area (Å²) in [7, 11) is 1.63. The average Bonchev–Trinajstić information content (AvgIpc) is 3.40. The second-order valence-corrected chi connectivity index (χ2v) is 7.49. The van der Waals surface area contributed by atoms with Crippen molar-refractivity contribution in [1.82, 2.24) is 25.0 Å². The van der Waals surface area contributed by atoms with Crippen molar-refractivity contribution in [2.75, 3.05) is 7.11 Å². The lowest BCUT2D eigenvalue weighted by Crippen LogP contribution is -2.00. The van der Waals surface area contributed by atoms with Crippen LogP contribution in [0.4, 0.5) is 4.39 Å². The molecular weight excluding hydrogens is 405 g/mol. The molecule has 0 bridgehead atoms. The van der Waals surface area contributed by atoms with Crippen LogP contribution in [0.2, 0.25) is 0 Å². The first kappa shape index (κ1) is 20.1. The lowest BCUT2D eigenvalue weighted by molar-refractivity contribution is 0.415. The number of ether oxygens (including phenoxy) is 1. The molecule has 0 amide bonds. The summed E-state index contributed by atoms with van der Waals surface area (Å²) in [5, 5.41) is 17.4. The van der Waals surface area contributed by atoms with Gasteiger partial charge in [-0.1, -0.05) is 23.4 Å². The van der Waals surface area contributed by atoms with E-state index in [0.29, 0.717) is 23.8 Å². The van der Waals surface area contributed by atoms with E-state index < -0.39 is 5.82 Å². The summed E-state index contributed by atoms with van der Waals surface area (Å²) < 4.78 is 27.0. The van der Waals surface area contributed by atoms with Crippen molar-refractivity contribution in [2.24, 2.45) is 0 Å². The minimum Gasteiger partial charge on any atom is -0.497 e. The Balaban J connectivity index is 1.51. The normalized spacial score (nSPS) is 11.1. The molecule has 0 aliphatic carbocycles. The maximum absolute atomic E-state index is 14.1. The Labute approximate surface area is 177 Å². The molecule has 9 heteroatoms. The summed E-state index contributed by atoms with van der Waals surface area (Å²) in [5.41, 5.74) is 2.17. The van der Waals surface area contributed by atoms with Gasteiger partial charge in [0.15, 0.2) is 11.0 Å². The summed E-state index contributed by atoms with van der Waals surface area (Å²) in [6.07, 6.45) is 0. The maximum atomic E-state index is 14.1. The number of rotatable bonds is 7. The van der Waals surface area contributed by atoms with Crippen molar-refractivity contribution in [3.63, 3.8) is 0 Å². The Hall–Kier alpha value is -3.20. The number of thioether (sulfide) groups is 1. The molecule has 7 nitrogen and oxygen atoms in total. The molecule has 0 spiro atoms. The van der Waals surface area contributed by atoms with Gasteiger partial charge in [0, 0.05) is 12.1 Å². The zero-order valence-corrected chi connectivity index (χ0v) is 17.6. The van der Waals surface area contributed by atoms with Crippen LogP contribution in [0.15, 0.2) is 52.0 Å². The molecule has 0 N–H and O–H groups in total.